The van der Waals surface area contributed by atoms with Crippen molar-refractivity contribution in [2.45, 2.75) is 38.0 Å². The molecule has 5 rings (SSSR count). The molecular formula is C28H28N2O3. The largest absolute Gasteiger partial charge is 0.490 e. The maximum absolute atomic E-state index is 13.3. The number of hydrogen-bond acceptors (Lipinski definition) is 3. The van der Waals surface area contributed by atoms with Crippen molar-refractivity contribution in [3.63, 3.8) is 0 Å². The monoisotopic (exact) mass is 440 g/mol. The van der Waals surface area contributed by atoms with Gasteiger partial charge in [0, 0.05) is 18.7 Å². The Morgan fingerprint density at radius 1 is 0.848 bits per heavy atom. The van der Waals surface area contributed by atoms with E-state index in [9.17, 15) is 9.59 Å². The zero-order valence-corrected chi connectivity index (χ0v) is 18.6. The van der Waals surface area contributed by atoms with Gasteiger partial charge < -0.3 is 14.5 Å². The maximum atomic E-state index is 13.3. The SMILES string of the molecule is O=C(c1ccc(OC2CC2)cc1)N1CC(=O)N(Cc2ccccc2)[C@@H](Cc2ccccc2)C1. The summed E-state index contributed by atoms with van der Waals surface area (Å²) in [5.41, 5.74) is 2.83. The molecule has 5 heteroatoms. The number of nitrogens with zero attached hydrogens (tertiary/aromatic N) is 2. The van der Waals surface area contributed by atoms with Gasteiger partial charge in [0.15, 0.2) is 0 Å². The second kappa shape index (κ2) is 9.49. The third-order valence-electron chi connectivity index (χ3n) is 6.24. The summed E-state index contributed by atoms with van der Waals surface area (Å²) in [4.78, 5) is 30.1. The summed E-state index contributed by atoms with van der Waals surface area (Å²) >= 11 is 0. The molecule has 0 radical (unpaired) electrons. The van der Waals surface area contributed by atoms with E-state index in [-0.39, 0.29) is 24.4 Å². The molecule has 0 bridgehead atoms. The quantitative estimate of drug-likeness (QED) is 0.550. The maximum Gasteiger partial charge on any atom is 0.254 e. The van der Waals surface area contributed by atoms with Crippen molar-refractivity contribution in [2.75, 3.05) is 13.1 Å². The van der Waals surface area contributed by atoms with Gasteiger partial charge in [-0.1, -0.05) is 60.7 Å². The predicted molar refractivity (Wildman–Crippen MR) is 127 cm³/mol. The molecule has 2 aliphatic rings. The third kappa shape index (κ3) is 5.25. The van der Waals surface area contributed by atoms with Gasteiger partial charge in [0.1, 0.15) is 12.3 Å². The van der Waals surface area contributed by atoms with Crippen LogP contribution in [0.2, 0.25) is 0 Å². The molecule has 3 aromatic rings. The number of ether oxygens (including phenoxy) is 1. The normalized spacial score (nSPS) is 18.3. The first-order valence-corrected chi connectivity index (χ1v) is 11.6. The van der Waals surface area contributed by atoms with Crippen LogP contribution in [0, 0.1) is 0 Å². The summed E-state index contributed by atoms with van der Waals surface area (Å²) in [5.74, 6) is 0.659. The lowest BCUT2D eigenvalue weighted by Crippen LogP contribution is -2.58. The van der Waals surface area contributed by atoms with E-state index in [1.807, 2.05) is 65.6 Å². The van der Waals surface area contributed by atoms with E-state index in [1.165, 1.54) is 0 Å². The molecule has 1 heterocycles. The molecule has 168 valence electrons. The van der Waals surface area contributed by atoms with E-state index >= 15 is 0 Å². The second-order valence-electron chi connectivity index (χ2n) is 8.88. The van der Waals surface area contributed by atoms with Crippen LogP contribution >= 0.6 is 0 Å². The molecule has 2 fully saturated rings. The molecular weight excluding hydrogens is 412 g/mol. The van der Waals surface area contributed by atoms with Crippen LogP contribution in [0.3, 0.4) is 0 Å². The number of hydrogen-bond donors (Lipinski definition) is 0. The number of benzene rings is 3. The van der Waals surface area contributed by atoms with Gasteiger partial charge in [-0.05, 0) is 54.7 Å². The summed E-state index contributed by atoms with van der Waals surface area (Å²) < 4.78 is 5.79. The van der Waals surface area contributed by atoms with E-state index in [0.29, 0.717) is 31.2 Å². The van der Waals surface area contributed by atoms with Gasteiger partial charge in [0.25, 0.3) is 5.91 Å². The van der Waals surface area contributed by atoms with Crippen molar-refractivity contribution in [1.82, 2.24) is 9.80 Å². The zero-order chi connectivity index (χ0) is 22.6. The molecule has 1 saturated carbocycles. The fraction of sp³-hybridized carbons (Fsp3) is 0.286. The van der Waals surface area contributed by atoms with E-state index < -0.39 is 0 Å². The van der Waals surface area contributed by atoms with Gasteiger partial charge in [-0.25, -0.2) is 0 Å². The minimum Gasteiger partial charge on any atom is -0.490 e. The highest BCUT2D eigenvalue weighted by Gasteiger charge is 2.35. The number of carbonyl (C=O) groups is 2. The average Bonchev–Trinajstić information content (AvgIpc) is 3.66. The molecule has 33 heavy (non-hydrogen) atoms. The Bertz CT molecular complexity index is 1100. The Kier molecular flexibility index (Phi) is 6.11. The van der Waals surface area contributed by atoms with E-state index in [4.69, 9.17) is 4.74 Å². The van der Waals surface area contributed by atoms with Gasteiger partial charge >= 0.3 is 0 Å². The lowest BCUT2D eigenvalue weighted by Gasteiger charge is -2.41. The Labute approximate surface area is 194 Å². The van der Waals surface area contributed by atoms with Crippen LogP contribution in [-0.2, 0) is 17.8 Å². The standard InChI is InChI=1S/C28H28N2O3/c31-27-20-29(28(32)23-11-13-25(14-12-23)33-26-15-16-26)19-24(17-21-7-3-1-4-8-21)30(27)18-22-9-5-2-6-10-22/h1-14,24,26H,15-20H2/t24-/m0/s1. The summed E-state index contributed by atoms with van der Waals surface area (Å²) in [5, 5.41) is 0. The topological polar surface area (TPSA) is 49.9 Å². The smallest absolute Gasteiger partial charge is 0.254 e. The molecule has 0 aromatic heterocycles. The van der Waals surface area contributed by atoms with Crippen LogP contribution < -0.4 is 4.74 Å². The van der Waals surface area contributed by atoms with Crippen molar-refractivity contribution in [3.8, 4) is 5.75 Å². The van der Waals surface area contributed by atoms with Crippen LogP contribution in [0.15, 0.2) is 84.9 Å². The lowest BCUT2D eigenvalue weighted by molar-refractivity contribution is -0.139. The van der Waals surface area contributed by atoms with E-state index in [2.05, 4.69) is 12.1 Å². The molecule has 0 unspecified atom stereocenters. The molecule has 1 atom stereocenters. The fourth-order valence-corrected chi connectivity index (χ4v) is 4.33. The number of carbonyl (C=O) groups excluding carboxylic acids is 2. The van der Waals surface area contributed by atoms with Crippen molar-refractivity contribution in [2.24, 2.45) is 0 Å². The van der Waals surface area contributed by atoms with Crippen LogP contribution in [0.1, 0.15) is 34.3 Å². The summed E-state index contributed by atoms with van der Waals surface area (Å²) in [7, 11) is 0. The molecule has 1 aliphatic carbocycles. The van der Waals surface area contributed by atoms with Crippen molar-refractivity contribution in [3.05, 3.63) is 102 Å². The number of piperazine rings is 1. The van der Waals surface area contributed by atoms with Gasteiger partial charge in [0.2, 0.25) is 5.91 Å². The lowest BCUT2D eigenvalue weighted by atomic mass is 10.00. The van der Waals surface area contributed by atoms with Crippen LogP contribution in [0.25, 0.3) is 0 Å². The Morgan fingerprint density at radius 3 is 2.12 bits per heavy atom. The molecule has 1 saturated heterocycles. The van der Waals surface area contributed by atoms with Crippen LogP contribution in [0.4, 0.5) is 0 Å². The van der Waals surface area contributed by atoms with E-state index in [1.54, 1.807) is 17.0 Å². The third-order valence-corrected chi connectivity index (χ3v) is 6.24. The van der Waals surface area contributed by atoms with E-state index in [0.717, 1.165) is 29.7 Å². The zero-order valence-electron chi connectivity index (χ0n) is 18.6. The molecule has 2 amide bonds. The molecule has 1 aliphatic heterocycles. The van der Waals surface area contributed by atoms with Crippen molar-refractivity contribution in [1.29, 1.82) is 0 Å². The summed E-state index contributed by atoms with van der Waals surface area (Å²) in [6, 6.07) is 27.4. The van der Waals surface area contributed by atoms with Crippen LogP contribution in [-0.4, -0.2) is 46.8 Å². The number of rotatable bonds is 7. The molecule has 0 N–H and O–H groups in total. The van der Waals surface area contributed by atoms with Gasteiger partial charge in [0.05, 0.1) is 12.1 Å². The second-order valence-corrected chi connectivity index (χ2v) is 8.88. The minimum absolute atomic E-state index is 0.0203. The first kappa shape index (κ1) is 21.3. The van der Waals surface area contributed by atoms with Crippen molar-refractivity contribution < 1.29 is 14.3 Å². The first-order chi connectivity index (χ1) is 16.2. The van der Waals surface area contributed by atoms with Gasteiger partial charge in [-0.3, -0.25) is 9.59 Å². The summed E-state index contributed by atoms with van der Waals surface area (Å²) in [6.07, 6.45) is 3.22. The van der Waals surface area contributed by atoms with Crippen LogP contribution in [0.5, 0.6) is 5.75 Å². The Balaban J connectivity index is 1.34. The average molecular weight is 441 g/mol. The Morgan fingerprint density at radius 2 is 1.48 bits per heavy atom. The highest BCUT2D eigenvalue weighted by Crippen LogP contribution is 2.27. The molecule has 0 spiro atoms. The first-order valence-electron chi connectivity index (χ1n) is 11.6. The molecule has 5 nitrogen and oxygen atoms in total. The minimum atomic E-state index is -0.112. The summed E-state index contributed by atoms with van der Waals surface area (Å²) in [6.45, 7) is 1.15. The molecule has 3 aromatic carbocycles. The Hall–Kier alpha value is -3.60. The van der Waals surface area contributed by atoms with Gasteiger partial charge in [-0.15, -0.1) is 0 Å². The highest BCUT2D eigenvalue weighted by atomic mass is 16.5. The predicted octanol–water partition coefficient (Wildman–Crippen LogP) is 4.32. The van der Waals surface area contributed by atoms with Gasteiger partial charge in [-0.2, -0.15) is 0 Å². The van der Waals surface area contributed by atoms with Crippen molar-refractivity contribution >= 4 is 11.8 Å². The highest BCUT2D eigenvalue weighted by molar-refractivity contribution is 5.97. The number of amides is 2. The fourth-order valence-electron chi connectivity index (χ4n) is 4.33.